The summed E-state index contributed by atoms with van der Waals surface area (Å²) in [5, 5.41) is -1.55. The zero-order valence-corrected chi connectivity index (χ0v) is 8.61. The first kappa shape index (κ1) is 12.3. The van der Waals surface area contributed by atoms with Gasteiger partial charge < -0.3 is 19.6 Å². The summed E-state index contributed by atoms with van der Waals surface area (Å²) in [5.41, 5.74) is 0. The molecule has 1 aliphatic rings. The minimum atomic E-state index is -5.20. The van der Waals surface area contributed by atoms with E-state index in [1.165, 1.54) is 5.32 Å². The van der Waals surface area contributed by atoms with Crippen LogP contribution >= 0.6 is 15.2 Å². The molecular formula is C4H5NO8P2. The molecule has 11 heteroatoms. The predicted octanol–water partition coefficient (Wildman–Crippen LogP) is -1.79. The predicted molar refractivity (Wildman–Crippen MR) is 44.3 cm³/mol. The molecule has 5 N–H and O–H groups in total. The van der Waals surface area contributed by atoms with Gasteiger partial charge in [-0.2, -0.15) is 0 Å². The molecule has 0 unspecified atom stereocenters. The fourth-order valence-corrected chi connectivity index (χ4v) is 3.15. The van der Waals surface area contributed by atoms with Gasteiger partial charge in [0.05, 0.1) is 0 Å². The van der Waals surface area contributed by atoms with Gasteiger partial charge in [0.15, 0.2) is 0 Å². The number of amides is 2. The molecule has 9 nitrogen and oxygen atoms in total. The fraction of sp³-hybridized carbons (Fsp3) is 0. The molecule has 0 saturated carbocycles. The Bertz CT molecular complexity index is 423. The van der Waals surface area contributed by atoms with Crippen LogP contribution in [0.15, 0.2) is 10.6 Å². The number of rotatable bonds is 2. The molecule has 0 spiro atoms. The Morgan fingerprint density at radius 2 is 1.07 bits per heavy atom. The molecule has 2 amide bonds. The maximum Gasteiger partial charge on any atom is 0.362 e. The Labute approximate surface area is 82.1 Å². The largest absolute Gasteiger partial charge is 0.362 e. The lowest BCUT2D eigenvalue weighted by atomic mass is 10.5. The summed E-state index contributed by atoms with van der Waals surface area (Å²) >= 11 is 0. The normalized spacial score (nSPS) is 18.4. The van der Waals surface area contributed by atoms with Crippen molar-refractivity contribution >= 4 is 27.0 Å². The van der Waals surface area contributed by atoms with Crippen molar-refractivity contribution in [2.45, 2.75) is 0 Å². The van der Waals surface area contributed by atoms with E-state index < -0.39 is 37.6 Å². The van der Waals surface area contributed by atoms with E-state index in [-0.39, 0.29) is 0 Å². The molecule has 1 aliphatic heterocycles. The van der Waals surface area contributed by atoms with Crippen LogP contribution in [0.4, 0.5) is 0 Å². The summed E-state index contributed by atoms with van der Waals surface area (Å²) in [5.74, 6) is -2.99. The summed E-state index contributed by atoms with van der Waals surface area (Å²) in [7, 11) is -10.4. The van der Waals surface area contributed by atoms with E-state index in [4.69, 9.17) is 19.6 Å². The van der Waals surface area contributed by atoms with E-state index in [0.717, 1.165) is 0 Å². The SMILES string of the molecule is O=C1NC(=O)C(P(=O)(O)O)=C1P(=O)(O)O. The number of hydrogen-bond donors (Lipinski definition) is 5. The highest BCUT2D eigenvalue weighted by Gasteiger charge is 2.47. The lowest BCUT2D eigenvalue weighted by molar-refractivity contribution is -0.123. The van der Waals surface area contributed by atoms with Gasteiger partial charge >= 0.3 is 15.2 Å². The summed E-state index contributed by atoms with van der Waals surface area (Å²) in [6, 6.07) is 0. The Morgan fingerprint density at radius 1 is 0.800 bits per heavy atom. The number of hydrogen-bond acceptors (Lipinski definition) is 4. The van der Waals surface area contributed by atoms with Crippen molar-refractivity contribution in [3.8, 4) is 0 Å². The quantitative estimate of drug-likeness (QED) is 0.286. The topological polar surface area (TPSA) is 161 Å². The van der Waals surface area contributed by atoms with Crippen LogP contribution in [0.25, 0.3) is 0 Å². The zero-order chi connectivity index (χ0) is 12.0. The van der Waals surface area contributed by atoms with Crippen molar-refractivity contribution in [3.05, 3.63) is 10.6 Å². The van der Waals surface area contributed by atoms with Gasteiger partial charge in [-0.1, -0.05) is 0 Å². The van der Waals surface area contributed by atoms with Crippen molar-refractivity contribution in [1.29, 1.82) is 0 Å². The minimum Gasteiger partial charge on any atom is -0.321 e. The van der Waals surface area contributed by atoms with Crippen LogP contribution in [0.3, 0.4) is 0 Å². The molecule has 15 heavy (non-hydrogen) atoms. The third-order valence-corrected chi connectivity index (χ3v) is 3.66. The molecule has 0 aromatic heterocycles. The Morgan fingerprint density at radius 3 is 1.27 bits per heavy atom. The third kappa shape index (κ3) is 2.23. The summed E-state index contributed by atoms with van der Waals surface area (Å²) < 4.78 is 21.5. The average Bonchev–Trinajstić information content (AvgIpc) is 2.22. The van der Waals surface area contributed by atoms with Crippen molar-refractivity contribution < 1.29 is 38.3 Å². The molecule has 0 aromatic rings. The molecule has 84 valence electrons. The average molecular weight is 257 g/mol. The molecule has 0 radical (unpaired) electrons. The number of carbonyl (C=O) groups is 2. The van der Waals surface area contributed by atoms with E-state index >= 15 is 0 Å². The lowest BCUT2D eigenvalue weighted by Gasteiger charge is -2.06. The van der Waals surface area contributed by atoms with Crippen LogP contribution in [-0.4, -0.2) is 31.4 Å². The summed E-state index contributed by atoms with van der Waals surface area (Å²) in [6.45, 7) is 0. The zero-order valence-electron chi connectivity index (χ0n) is 6.82. The first-order chi connectivity index (χ1) is 6.55. The maximum absolute atomic E-state index is 10.9. The van der Waals surface area contributed by atoms with Gasteiger partial charge in [-0.25, -0.2) is 0 Å². The van der Waals surface area contributed by atoms with E-state index in [1.54, 1.807) is 0 Å². The smallest absolute Gasteiger partial charge is 0.321 e. The molecule has 0 fully saturated rings. The molecule has 0 aliphatic carbocycles. The minimum absolute atomic E-state index is 1.39. The number of carbonyl (C=O) groups excluding carboxylic acids is 2. The van der Waals surface area contributed by atoms with Crippen molar-refractivity contribution in [1.82, 2.24) is 5.32 Å². The number of nitrogens with one attached hydrogen (secondary N) is 1. The van der Waals surface area contributed by atoms with Gasteiger partial charge in [0, 0.05) is 0 Å². The first-order valence-corrected chi connectivity index (χ1v) is 6.50. The molecule has 0 aromatic carbocycles. The highest BCUT2D eigenvalue weighted by Crippen LogP contribution is 2.58. The van der Waals surface area contributed by atoms with Crippen molar-refractivity contribution in [2.75, 3.05) is 0 Å². The van der Waals surface area contributed by atoms with E-state index in [2.05, 4.69) is 0 Å². The van der Waals surface area contributed by atoms with Crippen LogP contribution in [-0.2, 0) is 18.7 Å². The van der Waals surface area contributed by atoms with Crippen LogP contribution in [0.2, 0.25) is 0 Å². The second kappa shape index (κ2) is 3.34. The van der Waals surface area contributed by atoms with Gasteiger partial charge in [0.2, 0.25) is 0 Å². The van der Waals surface area contributed by atoms with E-state index in [1.807, 2.05) is 0 Å². The van der Waals surface area contributed by atoms with Crippen molar-refractivity contribution in [2.24, 2.45) is 0 Å². The monoisotopic (exact) mass is 257 g/mol. The molecule has 0 saturated heterocycles. The number of imide groups is 1. The molecule has 1 rings (SSSR count). The second-order valence-electron chi connectivity index (χ2n) is 2.57. The summed E-state index contributed by atoms with van der Waals surface area (Å²) in [6.07, 6.45) is 0. The maximum atomic E-state index is 10.9. The summed E-state index contributed by atoms with van der Waals surface area (Å²) in [4.78, 5) is 56.3. The standard InChI is InChI=1S/C4H5NO8P2/c6-3-1(14(8,9)10)2(4(7)5-3)15(11,12)13/h(H,5,6,7)(H2,8,9,10)(H2,11,12,13). The molecule has 1 heterocycles. The van der Waals surface area contributed by atoms with Gasteiger partial charge in [0.25, 0.3) is 11.8 Å². The van der Waals surface area contributed by atoms with Gasteiger partial charge in [0.1, 0.15) is 10.6 Å². The van der Waals surface area contributed by atoms with Crippen LogP contribution in [0.1, 0.15) is 0 Å². The van der Waals surface area contributed by atoms with Crippen LogP contribution in [0.5, 0.6) is 0 Å². The molecule has 0 bridgehead atoms. The van der Waals surface area contributed by atoms with E-state index in [9.17, 15) is 18.7 Å². The van der Waals surface area contributed by atoms with Gasteiger partial charge in [-0.05, 0) is 0 Å². The highest BCUT2D eigenvalue weighted by molar-refractivity contribution is 7.63. The van der Waals surface area contributed by atoms with E-state index in [0.29, 0.717) is 0 Å². The Hall–Kier alpha value is -0.820. The lowest BCUT2D eigenvalue weighted by Crippen LogP contribution is -2.23. The first-order valence-electron chi connectivity index (χ1n) is 3.27. The van der Waals surface area contributed by atoms with Crippen LogP contribution in [0, 0.1) is 0 Å². The van der Waals surface area contributed by atoms with Crippen molar-refractivity contribution in [3.63, 3.8) is 0 Å². The fourth-order valence-electron chi connectivity index (χ4n) is 0.977. The third-order valence-electron chi connectivity index (χ3n) is 1.46. The Kier molecular flexibility index (Phi) is 2.73. The van der Waals surface area contributed by atoms with Crippen LogP contribution < -0.4 is 5.32 Å². The van der Waals surface area contributed by atoms with Gasteiger partial charge in [-0.3, -0.25) is 24.0 Å². The second-order valence-corrected chi connectivity index (χ2v) is 5.64. The molecule has 0 atom stereocenters. The Balaban J connectivity index is 3.57. The van der Waals surface area contributed by atoms with Gasteiger partial charge in [-0.15, -0.1) is 0 Å². The molecular weight excluding hydrogens is 252 g/mol. The highest BCUT2D eigenvalue weighted by atomic mass is 31.2.